The second-order valence-electron chi connectivity index (χ2n) is 4.79. The van der Waals surface area contributed by atoms with Crippen molar-refractivity contribution in [3.63, 3.8) is 0 Å². The van der Waals surface area contributed by atoms with E-state index in [1.165, 1.54) is 7.11 Å². The largest absolute Gasteiger partial charge is 0.493 e. The number of para-hydroxylation sites is 2. The van der Waals surface area contributed by atoms with Crippen LogP contribution in [0.5, 0.6) is 11.5 Å². The van der Waals surface area contributed by atoms with Crippen LogP contribution in [0.25, 0.3) is 0 Å². The monoisotopic (exact) mass is 451 g/mol. The van der Waals surface area contributed by atoms with Crippen molar-refractivity contribution in [1.82, 2.24) is 10.6 Å². The Morgan fingerprint density at radius 3 is 2.46 bits per heavy atom. The number of benzene rings is 1. The van der Waals surface area contributed by atoms with Crippen LogP contribution in [0.3, 0.4) is 0 Å². The first-order valence-corrected chi connectivity index (χ1v) is 7.41. The predicted octanol–water partition coefficient (Wildman–Crippen LogP) is 1.81. The number of nitrogens with one attached hydrogen (secondary N) is 2. The van der Waals surface area contributed by atoms with Gasteiger partial charge in [0.1, 0.15) is 6.10 Å². The van der Waals surface area contributed by atoms with E-state index in [1.54, 1.807) is 14.2 Å². The molecule has 7 nitrogen and oxygen atoms in total. The van der Waals surface area contributed by atoms with Gasteiger partial charge in [-0.3, -0.25) is 9.79 Å². The summed E-state index contributed by atoms with van der Waals surface area (Å²) < 4.78 is 15.7. The Hall–Kier alpha value is -1.71. The summed E-state index contributed by atoms with van der Waals surface area (Å²) in [4.78, 5) is 15.1. The van der Waals surface area contributed by atoms with Gasteiger partial charge in [-0.2, -0.15) is 0 Å². The number of esters is 1. The molecule has 2 N–H and O–H groups in total. The van der Waals surface area contributed by atoms with Gasteiger partial charge in [-0.05, 0) is 19.1 Å². The summed E-state index contributed by atoms with van der Waals surface area (Å²) in [5.74, 6) is 1.73. The van der Waals surface area contributed by atoms with Crippen molar-refractivity contribution in [3.05, 3.63) is 24.3 Å². The van der Waals surface area contributed by atoms with Crippen LogP contribution in [0.4, 0.5) is 0 Å². The lowest BCUT2D eigenvalue weighted by Gasteiger charge is -2.19. The third kappa shape index (κ3) is 8.23. The van der Waals surface area contributed by atoms with Gasteiger partial charge in [0.2, 0.25) is 0 Å². The van der Waals surface area contributed by atoms with E-state index in [1.807, 2.05) is 31.2 Å². The molecule has 0 saturated carbocycles. The third-order valence-electron chi connectivity index (χ3n) is 3.03. The van der Waals surface area contributed by atoms with Crippen molar-refractivity contribution in [2.75, 3.05) is 34.4 Å². The lowest BCUT2D eigenvalue weighted by molar-refractivity contribution is -0.140. The second-order valence-corrected chi connectivity index (χ2v) is 4.79. The normalized spacial score (nSPS) is 11.8. The zero-order chi connectivity index (χ0) is 17.1. The van der Waals surface area contributed by atoms with E-state index in [-0.39, 0.29) is 42.5 Å². The molecule has 8 heteroatoms. The standard InChI is InChI=1S/C16H25N3O4.HI/c1-12(23-14-8-6-5-7-13(14)21-3)11-19-16(17-2)18-10-9-15(20)22-4;/h5-8,12H,9-11H2,1-4H3,(H2,17,18,19);1H. The van der Waals surface area contributed by atoms with E-state index in [4.69, 9.17) is 9.47 Å². The fraction of sp³-hybridized carbons (Fsp3) is 0.500. The molecule has 0 heterocycles. The maximum atomic E-state index is 11.1. The Morgan fingerprint density at radius 2 is 1.88 bits per heavy atom. The molecule has 0 aliphatic heterocycles. The number of hydrogen-bond acceptors (Lipinski definition) is 5. The fourth-order valence-electron chi connectivity index (χ4n) is 1.82. The van der Waals surface area contributed by atoms with Crippen LogP contribution in [0.1, 0.15) is 13.3 Å². The summed E-state index contributed by atoms with van der Waals surface area (Å²) in [6.45, 7) is 2.95. The SMILES string of the molecule is CN=C(NCCC(=O)OC)NCC(C)Oc1ccccc1OC.I. The van der Waals surface area contributed by atoms with Crippen LogP contribution in [-0.4, -0.2) is 52.4 Å². The maximum absolute atomic E-state index is 11.1. The summed E-state index contributed by atoms with van der Waals surface area (Å²) in [6.07, 6.45) is 0.190. The van der Waals surface area contributed by atoms with Gasteiger partial charge in [-0.15, -0.1) is 24.0 Å². The number of ether oxygens (including phenoxy) is 3. The van der Waals surface area contributed by atoms with Crippen molar-refractivity contribution in [1.29, 1.82) is 0 Å². The van der Waals surface area contributed by atoms with Gasteiger partial charge in [0.05, 0.1) is 27.2 Å². The zero-order valence-electron chi connectivity index (χ0n) is 14.5. The summed E-state index contributed by atoms with van der Waals surface area (Å²) in [5, 5.41) is 6.17. The van der Waals surface area contributed by atoms with Crippen LogP contribution in [-0.2, 0) is 9.53 Å². The van der Waals surface area contributed by atoms with Crippen molar-refractivity contribution in [2.24, 2.45) is 4.99 Å². The Labute approximate surface area is 160 Å². The average molecular weight is 451 g/mol. The number of carbonyl (C=O) groups excluding carboxylic acids is 1. The molecular formula is C16H26IN3O4. The minimum atomic E-state index is -0.263. The van der Waals surface area contributed by atoms with Crippen LogP contribution >= 0.6 is 24.0 Å². The van der Waals surface area contributed by atoms with E-state index in [0.717, 1.165) is 0 Å². The summed E-state index contributed by atoms with van der Waals surface area (Å²) >= 11 is 0. The number of nitrogens with zero attached hydrogens (tertiary/aromatic N) is 1. The highest BCUT2D eigenvalue weighted by atomic mass is 127. The third-order valence-corrected chi connectivity index (χ3v) is 3.03. The number of guanidine groups is 1. The van der Waals surface area contributed by atoms with Gasteiger partial charge in [-0.1, -0.05) is 12.1 Å². The van der Waals surface area contributed by atoms with Crippen LogP contribution in [0.15, 0.2) is 29.3 Å². The highest BCUT2D eigenvalue weighted by Gasteiger charge is 2.09. The molecule has 136 valence electrons. The number of halogens is 1. The average Bonchev–Trinajstić information content (AvgIpc) is 2.58. The van der Waals surface area contributed by atoms with Crippen LogP contribution < -0.4 is 20.1 Å². The van der Waals surface area contributed by atoms with Crippen molar-refractivity contribution in [2.45, 2.75) is 19.4 Å². The van der Waals surface area contributed by atoms with E-state index >= 15 is 0 Å². The number of methoxy groups -OCH3 is 2. The quantitative estimate of drug-likeness (QED) is 0.272. The number of carbonyl (C=O) groups is 1. The molecule has 1 aromatic carbocycles. The lowest BCUT2D eigenvalue weighted by Crippen LogP contribution is -2.42. The molecule has 0 spiro atoms. The molecule has 0 saturated heterocycles. The Kier molecular flexibility index (Phi) is 11.8. The molecule has 0 aliphatic carbocycles. The smallest absolute Gasteiger partial charge is 0.307 e. The highest BCUT2D eigenvalue weighted by Crippen LogP contribution is 2.26. The minimum Gasteiger partial charge on any atom is -0.493 e. The molecule has 0 amide bonds. The molecule has 0 fully saturated rings. The lowest BCUT2D eigenvalue weighted by atomic mass is 10.3. The molecule has 0 aromatic heterocycles. The molecule has 1 atom stereocenters. The first kappa shape index (κ1) is 22.3. The highest BCUT2D eigenvalue weighted by molar-refractivity contribution is 14.0. The van der Waals surface area contributed by atoms with Crippen molar-refractivity contribution in [3.8, 4) is 11.5 Å². The minimum absolute atomic E-state index is 0. The van der Waals surface area contributed by atoms with Gasteiger partial charge in [0.25, 0.3) is 0 Å². The number of hydrogen-bond donors (Lipinski definition) is 2. The first-order chi connectivity index (χ1) is 11.1. The molecule has 24 heavy (non-hydrogen) atoms. The molecule has 0 aliphatic rings. The van der Waals surface area contributed by atoms with Crippen molar-refractivity contribution >= 4 is 35.9 Å². The van der Waals surface area contributed by atoms with Crippen molar-refractivity contribution < 1.29 is 19.0 Å². The first-order valence-electron chi connectivity index (χ1n) is 7.41. The number of rotatable bonds is 8. The Bertz CT molecular complexity index is 526. The molecule has 0 radical (unpaired) electrons. The summed E-state index contributed by atoms with van der Waals surface area (Å²) in [6, 6.07) is 7.49. The van der Waals surface area contributed by atoms with E-state index in [2.05, 4.69) is 20.4 Å². The summed E-state index contributed by atoms with van der Waals surface area (Å²) in [5.41, 5.74) is 0. The van der Waals surface area contributed by atoms with E-state index in [0.29, 0.717) is 30.5 Å². The molecule has 1 aromatic rings. The summed E-state index contributed by atoms with van der Waals surface area (Å²) in [7, 11) is 4.64. The topological polar surface area (TPSA) is 81.2 Å². The predicted molar refractivity (Wildman–Crippen MR) is 104 cm³/mol. The molecule has 0 bridgehead atoms. The van der Waals surface area contributed by atoms with Gasteiger partial charge in [0.15, 0.2) is 17.5 Å². The molecular weight excluding hydrogens is 425 g/mol. The van der Waals surface area contributed by atoms with E-state index in [9.17, 15) is 4.79 Å². The van der Waals surface area contributed by atoms with Gasteiger partial charge < -0.3 is 24.8 Å². The van der Waals surface area contributed by atoms with Gasteiger partial charge >= 0.3 is 5.97 Å². The van der Waals surface area contributed by atoms with Crippen LogP contribution in [0.2, 0.25) is 0 Å². The van der Waals surface area contributed by atoms with Crippen LogP contribution in [0, 0.1) is 0 Å². The second kappa shape index (κ2) is 12.7. The maximum Gasteiger partial charge on any atom is 0.307 e. The van der Waals surface area contributed by atoms with Gasteiger partial charge in [0, 0.05) is 13.6 Å². The zero-order valence-corrected chi connectivity index (χ0v) is 16.8. The molecule has 1 rings (SSSR count). The van der Waals surface area contributed by atoms with E-state index < -0.39 is 0 Å². The fourth-order valence-corrected chi connectivity index (χ4v) is 1.82. The van der Waals surface area contributed by atoms with Gasteiger partial charge in [-0.25, -0.2) is 0 Å². The Morgan fingerprint density at radius 1 is 1.21 bits per heavy atom. The molecule has 1 unspecified atom stereocenters. The Balaban J connectivity index is 0.00000529. The number of aliphatic imine (C=N–C) groups is 1.